The Morgan fingerprint density at radius 1 is 1.35 bits per heavy atom. The summed E-state index contributed by atoms with van der Waals surface area (Å²) < 4.78 is 0. The second-order valence-corrected chi connectivity index (χ2v) is 7.13. The molecule has 1 rings (SSSR count). The van der Waals surface area contributed by atoms with Crippen LogP contribution in [0.2, 0.25) is 0 Å². The van der Waals surface area contributed by atoms with Crippen molar-refractivity contribution in [2.45, 2.75) is 69.8 Å². The maximum absolute atomic E-state index is 11.9. The fraction of sp³-hybridized carbons (Fsp3) is 0.923. The normalized spacial score (nSPS) is 26.9. The SMILES string of the molecule is CSC1CCC(NC(C)C(=O)NC(C)(C)C)C1. The predicted octanol–water partition coefficient (Wildman–Crippen LogP) is 2.16. The van der Waals surface area contributed by atoms with Gasteiger partial charge in [0.15, 0.2) is 0 Å². The van der Waals surface area contributed by atoms with Crippen molar-refractivity contribution in [1.29, 1.82) is 0 Å². The van der Waals surface area contributed by atoms with Crippen molar-refractivity contribution in [1.82, 2.24) is 10.6 Å². The number of thioether (sulfide) groups is 1. The molecule has 0 aromatic heterocycles. The molecule has 3 unspecified atom stereocenters. The summed E-state index contributed by atoms with van der Waals surface area (Å²) in [6.07, 6.45) is 5.82. The van der Waals surface area contributed by atoms with Gasteiger partial charge in [-0.3, -0.25) is 4.79 Å². The van der Waals surface area contributed by atoms with Crippen molar-refractivity contribution in [3.05, 3.63) is 0 Å². The molecule has 0 aliphatic heterocycles. The first-order valence-corrected chi connectivity index (χ1v) is 7.71. The highest BCUT2D eigenvalue weighted by molar-refractivity contribution is 7.99. The molecule has 17 heavy (non-hydrogen) atoms. The average molecular weight is 258 g/mol. The molecule has 0 aromatic rings. The Morgan fingerprint density at radius 3 is 2.47 bits per heavy atom. The van der Waals surface area contributed by atoms with E-state index in [0.717, 1.165) is 5.25 Å². The molecule has 4 heteroatoms. The van der Waals surface area contributed by atoms with Crippen LogP contribution in [-0.2, 0) is 4.79 Å². The van der Waals surface area contributed by atoms with Gasteiger partial charge >= 0.3 is 0 Å². The molecule has 2 N–H and O–H groups in total. The Morgan fingerprint density at radius 2 is 2.00 bits per heavy atom. The first-order valence-electron chi connectivity index (χ1n) is 6.42. The standard InChI is InChI=1S/C13H26N2OS/c1-9(12(16)15-13(2,3)4)14-10-6-7-11(8-10)17-5/h9-11,14H,6-8H2,1-5H3,(H,15,16). The van der Waals surface area contributed by atoms with Crippen LogP contribution in [0.25, 0.3) is 0 Å². The van der Waals surface area contributed by atoms with Crippen molar-refractivity contribution in [3.63, 3.8) is 0 Å². The van der Waals surface area contributed by atoms with Gasteiger partial charge in [0.2, 0.25) is 5.91 Å². The van der Waals surface area contributed by atoms with Crippen LogP contribution in [0.1, 0.15) is 47.0 Å². The first kappa shape index (κ1) is 14.8. The van der Waals surface area contributed by atoms with E-state index < -0.39 is 0 Å². The Kier molecular flexibility index (Phi) is 5.32. The van der Waals surface area contributed by atoms with Crippen molar-refractivity contribution >= 4 is 17.7 Å². The molecule has 0 aromatic carbocycles. The highest BCUT2D eigenvalue weighted by Crippen LogP contribution is 2.28. The number of rotatable bonds is 4. The summed E-state index contributed by atoms with van der Waals surface area (Å²) >= 11 is 1.94. The van der Waals surface area contributed by atoms with E-state index in [9.17, 15) is 4.79 Å². The van der Waals surface area contributed by atoms with Gasteiger partial charge in [-0.2, -0.15) is 11.8 Å². The number of carbonyl (C=O) groups excluding carboxylic acids is 1. The molecule has 0 saturated heterocycles. The van der Waals surface area contributed by atoms with E-state index in [4.69, 9.17) is 0 Å². The van der Waals surface area contributed by atoms with E-state index in [1.54, 1.807) is 0 Å². The topological polar surface area (TPSA) is 41.1 Å². The van der Waals surface area contributed by atoms with Crippen LogP contribution in [0.15, 0.2) is 0 Å². The third-order valence-electron chi connectivity index (χ3n) is 3.10. The minimum absolute atomic E-state index is 0.0974. The fourth-order valence-electron chi connectivity index (χ4n) is 2.21. The van der Waals surface area contributed by atoms with Gasteiger partial charge in [0.1, 0.15) is 0 Å². The van der Waals surface area contributed by atoms with Gasteiger partial charge in [-0.25, -0.2) is 0 Å². The summed E-state index contributed by atoms with van der Waals surface area (Å²) in [7, 11) is 0. The average Bonchev–Trinajstić information content (AvgIpc) is 2.62. The zero-order valence-electron chi connectivity index (χ0n) is 11.7. The van der Waals surface area contributed by atoms with Crippen LogP contribution >= 0.6 is 11.8 Å². The Labute approximate surface area is 109 Å². The van der Waals surface area contributed by atoms with Gasteiger partial charge in [-0.1, -0.05) is 0 Å². The molecule has 1 saturated carbocycles. The first-order chi connectivity index (χ1) is 7.81. The molecule has 1 fully saturated rings. The summed E-state index contributed by atoms with van der Waals surface area (Å²) in [4.78, 5) is 11.9. The quantitative estimate of drug-likeness (QED) is 0.812. The van der Waals surface area contributed by atoms with E-state index in [-0.39, 0.29) is 17.5 Å². The molecular weight excluding hydrogens is 232 g/mol. The largest absolute Gasteiger partial charge is 0.350 e. The Bertz CT molecular complexity index is 263. The zero-order chi connectivity index (χ0) is 13.1. The molecule has 1 aliphatic rings. The lowest BCUT2D eigenvalue weighted by Gasteiger charge is -2.25. The molecule has 1 aliphatic carbocycles. The van der Waals surface area contributed by atoms with Crippen LogP contribution in [0.4, 0.5) is 0 Å². The molecule has 3 atom stereocenters. The molecule has 1 amide bonds. The van der Waals surface area contributed by atoms with E-state index in [0.29, 0.717) is 6.04 Å². The maximum Gasteiger partial charge on any atom is 0.237 e. The van der Waals surface area contributed by atoms with Gasteiger partial charge in [0.25, 0.3) is 0 Å². The second-order valence-electron chi connectivity index (χ2n) is 6.00. The highest BCUT2D eigenvalue weighted by atomic mass is 32.2. The number of amides is 1. The molecule has 3 nitrogen and oxygen atoms in total. The summed E-state index contributed by atoms with van der Waals surface area (Å²) in [5, 5.41) is 7.22. The molecular formula is C13H26N2OS. The minimum atomic E-state index is -0.148. The lowest BCUT2D eigenvalue weighted by atomic mass is 10.1. The molecule has 0 heterocycles. The molecule has 0 spiro atoms. The predicted molar refractivity (Wildman–Crippen MR) is 75.4 cm³/mol. The van der Waals surface area contributed by atoms with Gasteiger partial charge in [-0.05, 0) is 53.2 Å². The van der Waals surface area contributed by atoms with E-state index >= 15 is 0 Å². The smallest absolute Gasteiger partial charge is 0.237 e. The maximum atomic E-state index is 11.9. The number of hydrogen-bond donors (Lipinski definition) is 2. The number of hydrogen-bond acceptors (Lipinski definition) is 3. The second kappa shape index (κ2) is 6.10. The molecule has 0 bridgehead atoms. The van der Waals surface area contributed by atoms with Gasteiger partial charge in [0, 0.05) is 16.8 Å². The highest BCUT2D eigenvalue weighted by Gasteiger charge is 2.27. The third kappa shape index (κ3) is 5.30. The van der Waals surface area contributed by atoms with Gasteiger partial charge in [-0.15, -0.1) is 0 Å². The van der Waals surface area contributed by atoms with Crippen molar-refractivity contribution in [2.24, 2.45) is 0 Å². The molecule has 0 radical (unpaired) electrons. The fourth-order valence-corrected chi connectivity index (χ4v) is 3.01. The minimum Gasteiger partial charge on any atom is -0.350 e. The monoisotopic (exact) mass is 258 g/mol. The van der Waals surface area contributed by atoms with Crippen molar-refractivity contribution in [3.8, 4) is 0 Å². The van der Waals surface area contributed by atoms with Crippen molar-refractivity contribution in [2.75, 3.05) is 6.26 Å². The van der Waals surface area contributed by atoms with Crippen LogP contribution < -0.4 is 10.6 Å². The summed E-state index contributed by atoms with van der Waals surface area (Å²) in [5.74, 6) is 0.102. The van der Waals surface area contributed by atoms with E-state index in [2.05, 4.69) is 16.9 Å². The lowest BCUT2D eigenvalue weighted by molar-refractivity contribution is -0.124. The van der Waals surface area contributed by atoms with E-state index in [1.807, 2.05) is 39.5 Å². The summed E-state index contributed by atoms with van der Waals surface area (Å²) in [6.45, 7) is 7.98. The van der Waals surface area contributed by atoms with Crippen molar-refractivity contribution < 1.29 is 4.79 Å². The third-order valence-corrected chi connectivity index (χ3v) is 4.19. The Balaban J connectivity index is 2.34. The van der Waals surface area contributed by atoms with Crippen LogP contribution in [0.5, 0.6) is 0 Å². The molecule has 100 valence electrons. The van der Waals surface area contributed by atoms with Gasteiger partial charge in [0.05, 0.1) is 6.04 Å². The zero-order valence-corrected chi connectivity index (χ0v) is 12.5. The van der Waals surface area contributed by atoms with Crippen LogP contribution in [0.3, 0.4) is 0 Å². The Hall–Kier alpha value is -0.220. The van der Waals surface area contributed by atoms with E-state index in [1.165, 1.54) is 19.3 Å². The number of nitrogens with one attached hydrogen (secondary N) is 2. The summed E-state index contributed by atoms with van der Waals surface area (Å²) in [6, 6.07) is 0.410. The number of carbonyl (C=O) groups is 1. The van der Waals surface area contributed by atoms with Crippen LogP contribution in [-0.4, -0.2) is 35.0 Å². The lowest BCUT2D eigenvalue weighted by Crippen LogP contribution is -2.51. The van der Waals surface area contributed by atoms with Crippen LogP contribution in [0, 0.1) is 0 Å². The summed E-state index contributed by atoms with van der Waals surface area (Å²) in [5.41, 5.74) is -0.148. The van der Waals surface area contributed by atoms with Gasteiger partial charge < -0.3 is 10.6 Å².